The van der Waals surface area contributed by atoms with Gasteiger partial charge in [-0.3, -0.25) is 4.79 Å². The molecule has 1 aromatic rings. The standard InChI is InChI=1S/C12H15ClO.C4H10O/c1-8(2)10-4-5-12(13)11(7-10)6-9(3)14;1-4(2,3)5/h4-5,7-8H,6H2,1-3H3;5H,1-3H3. The minimum absolute atomic E-state index is 0.146. The maximum absolute atomic E-state index is 11.0. The van der Waals surface area contributed by atoms with Crippen molar-refractivity contribution in [1.82, 2.24) is 0 Å². The number of benzene rings is 1. The fourth-order valence-electron chi connectivity index (χ4n) is 1.36. The number of rotatable bonds is 3. The zero-order chi connectivity index (χ0) is 15.2. The molecule has 0 saturated heterocycles. The Labute approximate surface area is 121 Å². The second-order valence-corrected chi connectivity index (χ2v) is 6.46. The van der Waals surface area contributed by atoms with Crippen LogP contribution in [0.1, 0.15) is 58.6 Å². The number of carbonyl (C=O) groups is 1. The lowest BCUT2D eigenvalue weighted by molar-refractivity contribution is -0.116. The molecule has 3 heteroatoms. The lowest BCUT2D eigenvalue weighted by atomic mass is 9.99. The van der Waals surface area contributed by atoms with Crippen LogP contribution >= 0.6 is 11.6 Å². The summed E-state index contributed by atoms with van der Waals surface area (Å²) in [5.74, 6) is 0.616. The van der Waals surface area contributed by atoms with Crippen molar-refractivity contribution < 1.29 is 9.90 Å². The van der Waals surface area contributed by atoms with E-state index in [9.17, 15) is 4.79 Å². The third-order valence-electron chi connectivity index (χ3n) is 2.18. The lowest BCUT2D eigenvalue weighted by Crippen LogP contribution is -2.10. The Balaban J connectivity index is 0.000000555. The molecular weight excluding hydrogens is 260 g/mol. The number of ketones is 1. The first kappa shape index (κ1) is 18.1. The van der Waals surface area contributed by atoms with Crippen LogP contribution in [-0.2, 0) is 11.2 Å². The largest absolute Gasteiger partial charge is 0.391 e. The van der Waals surface area contributed by atoms with Crippen LogP contribution in [-0.4, -0.2) is 16.5 Å². The van der Waals surface area contributed by atoms with Crippen LogP contribution in [0.25, 0.3) is 0 Å². The van der Waals surface area contributed by atoms with Gasteiger partial charge in [0.1, 0.15) is 5.78 Å². The van der Waals surface area contributed by atoms with Gasteiger partial charge in [-0.15, -0.1) is 0 Å². The molecule has 108 valence electrons. The maximum Gasteiger partial charge on any atom is 0.134 e. The lowest BCUT2D eigenvalue weighted by Gasteiger charge is -2.08. The summed E-state index contributed by atoms with van der Waals surface area (Å²) in [5.41, 5.74) is 1.66. The van der Waals surface area contributed by atoms with E-state index in [0.717, 1.165) is 5.56 Å². The Hall–Kier alpha value is -0.860. The summed E-state index contributed by atoms with van der Waals surface area (Å²) in [6, 6.07) is 5.90. The van der Waals surface area contributed by atoms with Gasteiger partial charge in [0.15, 0.2) is 0 Å². The van der Waals surface area contributed by atoms with Crippen molar-refractivity contribution in [1.29, 1.82) is 0 Å². The first-order valence-electron chi connectivity index (χ1n) is 6.51. The quantitative estimate of drug-likeness (QED) is 0.895. The van der Waals surface area contributed by atoms with Crippen molar-refractivity contribution in [3.8, 4) is 0 Å². The van der Waals surface area contributed by atoms with Crippen LogP contribution in [0, 0.1) is 0 Å². The third kappa shape index (κ3) is 9.69. The highest BCUT2D eigenvalue weighted by Crippen LogP contribution is 2.22. The molecule has 0 aliphatic rings. The Morgan fingerprint density at radius 1 is 1.32 bits per heavy atom. The molecule has 0 aliphatic carbocycles. The molecular formula is C16H25ClO2. The molecule has 0 saturated carbocycles. The van der Waals surface area contributed by atoms with E-state index in [-0.39, 0.29) is 5.78 Å². The van der Waals surface area contributed by atoms with Crippen molar-refractivity contribution in [3.63, 3.8) is 0 Å². The van der Waals surface area contributed by atoms with Gasteiger partial charge in [0.2, 0.25) is 0 Å². The molecule has 0 bridgehead atoms. The van der Waals surface area contributed by atoms with Gasteiger partial charge in [-0.05, 0) is 50.8 Å². The molecule has 0 unspecified atom stereocenters. The second-order valence-electron chi connectivity index (χ2n) is 6.06. The summed E-state index contributed by atoms with van der Waals surface area (Å²) < 4.78 is 0. The Bertz CT molecular complexity index is 411. The van der Waals surface area contributed by atoms with E-state index < -0.39 is 5.60 Å². The predicted molar refractivity (Wildman–Crippen MR) is 81.9 cm³/mol. The van der Waals surface area contributed by atoms with Gasteiger partial charge >= 0.3 is 0 Å². The molecule has 1 aromatic carbocycles. The second kappa shape index (κ2) is 7.66. The molecule has 19 heavy (non-hydrogen) atoms. The number of hydrogen-bond acceptors (Lipinski definition) is 2. The van der Waals surface area contributed by atoms with Gasteiger partial charge < -0.3 is 5.11 Å². The van der Waals surface area contributed by atoms with Crippen LogP contribution < -0.4 is 0 Å². The molecule has 0 spiro atoms. The van der Waals surface area contributed by atoms with Crippen molar-refractivity contribution in [2.75, 3.05) is 0 Å². The van der Waals surface area contributed by atoms with E-state index in [1.54, 1.807) is 27.7 Å². The van der Waals surface area contributed by atoms with Gasteiger partial charge in [0.25, 0.3) is 0 Å². The number of carbonyl (C=O) groups excluding carboxylic acids is 1. The molecule has 1 rings (SSSR count). The minimum atomic E-state index is -0.500. The van der Waals surface area contributed by atoms with Crippen LogP contribution in [0.5, 0.6) is 0 Å². The summed E-state index contributed by atoms with van der Waals surface area (Å²) in [6.45, 7) is 11.1. The summed E-state index contributed by atoms with van der Waals surface area (Å²) in [7, 11) is 0. The Kier molecular flexibility index (Phi) is 7.32. The van der Waals surface area contributed by atoms with E-state index in [4.69, 9.17) is 16.7 Å². The molecule has 0 amide bonds. The van der Waals surface area contributed by atoms with E-state index in [1.807, 2.05) is 18.2 Å². The SMILES string of the molecule is CC(=O)Cc1cc(C(C)C)ccc1Cl.CC(C)(C)O. The van der Waals surface area contributed by atoms with E-state index in [0.29, 0.717) is 17.4 Å². The van der Waals surface area contributed by atoms with Gasteiger partial charge in [-0.1, -0.05) is 37.6 Å². The molecule has 0 radical (unpaired) electrons. The average molecular weight is 285 g/mol. The predicted octanol–water partition coefficient (Wildman–Crippen LogP) is 4.37. The van der Waals surface area contributed by atoms with Crippen LogP contribution in [0.15, 0.2) is 18.2 Å². The number of aliphatic hydroxyl groups is 1. The molecule has 2 nitrogen and oxygen atoms in total. The normalized spacial score (nSPS) is 11.0. The van der Waals surface area contributed by atoms with Gasteiger partial charge in [-0.25, -0.2) is 0 Å². The van der Waals surface area contributed by atoms with Gasteiger partial charge in [0.05, 0.1) is 5.60 Å². The average Bonchev–Trinajstić information content (AvgIpc) is 2.17. The topological polar surface area (TPSA) is 37.3 Å². The fourth-order valence-corrected chi connectivity index (χ4v) is 1.54. The summed E-state index contributed by atoms with van der Waals surface area (Å²) in [4.78, 5) is 11.0. The van der Waals surface area contributed by atoms with Crippen molar-refractivity contribution in [3.05, 3.63) is 34.3 Å². The van der Waals surface area contributed by atoms with Crippen molar-refractivity contribution >= 4 is 17.4 Å². The smallest absolute Gasteiger partial charge is 0.134 e. The number of hydrogen-bond donors (Lipinski definition) is 1. The van der Waals surface area contributed by atoms with Gasteiger partial charge in [0, 0.05) is 11.4 Å². The van der Waals surface area contributed by atoms with Crippen molar-refractivity contribution in [2.45, 2.75) is 59.5 Å². The molecule has 0 aromatic heterocycles. The fraction of sp³-hybridized carbons (Fsp3) is 0.562. The Morgan fingerprint density at radius 2 is 1.79 bits per heavy atom. The summed E-state index contributed by atoms with van der Waals surface area (Å²) in [5, 5.41) is 9.21. The number of halogens is 1. The van der Waals surface area contributed by atoms with Crippen LogP contribution in [0.2, 0.25) is 5.02 Å². The van der Waals surface area contributed by atoms with Gasteiger partial charge in [-0.2, -0.15) is 0 Å². The first-order chi connectivity index (χ1) is 8.50. The highest BCUT2D eigenvalue weighted by molar-refractivity contribution is 6.31. The zero-order valence-electron chi connectivity index (χ0n) is 12.7. The third-order valence-corrected chi connectivity index (χ3v) is 2.54. The summed E-state index contributed by atoms with van der Waals surface area (Å²) in [6.07, 6.45) is 0.430. The molecule has 0 fully saturated rings. The molecule has 0 atom stereocenters. The maximum atomic E-state index is 11.0. The van der Waals surface area contributed by atoms with Crippen LogP contribution in [0.4, 0.5) is 0 Å². The molecule has 1 N–H and O–H groups in total. The zero-order valence-corrected chi connectivity index (χ0v) is 13.5. The van der Waals surface area contributed by atoms with E-state index in [1.165, 1.54) is 5.56 Å². The van der Waals surface area contributed by atoms with Crippen molar-refractivity contribution in [2.24, 2.45) is 0 Å². The number of Topliss-reactive ketones (excluding diaryl/α,β-unsaturated/α-hetero) is 1. The monoisotopic (exact) mass is 284 g/mol. The molecule has 0 aliphatic heterocycles. The Morgan fingerprint density at radius 3 is 2.16 bits per heavy atom. The highest BCUT2D eigenvalue weighted by Gasteiger charge is 2.06. The minimum Gasteiger partial charge on any atom is -0.391 e. The van der Waals surface area contributed by atoms with E-state index in [2.05, 4.69) is 13.8 Å². The van der Waals surface area contributed by atoms with E-state index >= 15 is 0 Å². The highest BCUT2D eigenvalue weighted by atomic mass is 35.5. The summed E-state index contributed by atoms with van der Waals surface area (Å²) >= 11 is 5.99. The molecule has 0 heterocycles. The first-order valence-corrected chi connectivity index (χ1v) is 6.88. The van der Waals surface area contributed by atoms with Crippen LogP contribution in [0.3, 0.4) is 0 Å².